The van der Waals surface area contributed by atoms with Gasteiger partial charge in [-0.15, -0.1) is 0 Å². The van der Waals surface area contributed by atoms with Crippen molar-refractivity contribution in [3.8, 4) is 0 Å². The van der Waals surface area contributed by atoms with Gasteiger partial charge in [-0.2, -0.15) is 0 Å². The summed E-state index contributed by atoms with van der Waals surface area (Å²) in [5.74, 6) is -0.562. The van der Waals surface area contributed by atoms with Gasteiger partial charge in [-0.1, -0.05) is 19.4 Å². The summed E-state index contributed by atoms with van der Waals surface area (Å²) in [5.41, 5.74) is -2.89. The second kappa shape index (κ2) is 6.30. The number of rotatable bonds is 6. The highest BCUT2D eigenvalue weighted by Gasteiger charge is 2.78. The maximum absolute atomic E-state index is 13.4. The molecule has 4 rings (SSSR count). The molecule has 3 saturated carbocycles. The molecule has 4 aliphatic rings. The smallest absolute Gasteiger partial charge is 0.333 e. The highest BCUT2D eigenvalue weighted by molar-refractivity contribution is 5.87. The fourth-order valence-electron chi connectivity index (χ4n) is 6.25. The Balaban J connectivity index is 1.67. The summed E-state index contributed by atoms with van der Waals surface area (Å²) >= 11 is 0. The fraction of sp³-hybridized carbons (Fsp3) is 0.826. The van der Waals surface area contributed by atoms with Gasteiger partial charge in [-0.05, 0) is 60.3 Å². The molecule has 1 aliphatic heterocycles. The molecular formula is C23H34O6. The van der Waals surface area contributed by atoms with Crippen molar-refractivity contribution in [2.75, 3.05) is 0 Å². The minimum atomic E-state index is -1.06. The molecule has 0 aromatic carbocycles. The zero-order valence-corrected chi connectivity index (χ0v) is 18.2. The Morgan fingerprint density at radius 3 is 2.41 bits per heavy atom. The van der Waals surface area contributed by atoms with E-state index >= 15 is 0 Å². The lowest BCUT2D eigenvalue weighted by Gasteiger charge is -2.52. The first-order chi connectivity index (χ1) is 13.3. The number of fused-ring (bicyclic) bond motifs is 1. The monoisotopic (exact) mass is 406 g/mol. The summed E-state index contributed by atoms with van der Waals surface area (Å²) in [6.07, 6.45) is 4.17. The van der Waals surface area contributed by atoms with Crippen LogP contribution in [-0.2, 0) is 23.8 Å². The highest BCUT2D eigenvalue weighted by Crippen LogP contribution is 2.70. The molecule has 0 spiro atoms. The van der Waals surface area contributed by atoms with Crippen molar-refractivity contribution in [3.05, 3.63) is 12.2 Å². The topological polar surface area (TPSA) is 82.1 Å². The number of hydrogen-bond acceptors (Lipinski definition) is 6. The van der Waals surface area contributed by atoms with E-state index in [9.17, 15) is 14.7 Å². The van der Waals surface area contributed by atoms with Gasteiger partial charge in [0, 0.05) is 17.4 Å². The molecule has 0 aromatic heterocycles. The Labute approximate surface area is 173 Å². The molecule has 5 unspecified atom stereocenters. The molecule has 1 N–H and O–H groups in total. The van der Waals surface area contributed by atoms with E-state index in [-0.39, 0.29) is 17.8 Å². The normalized spacial score (nSPS) is 37.7. The van der Waals surface area contributed by atoms with Crippen LogP contribution in [0.25, 0.3) is 0 Å². The third kappa shape index (κ3) is 2.74. The maximum Gasteiger partial charge on any atom is 0.333 e. The van der Waals surface area contributed by atoms with Crippen LogP contribution in [0.3, 0.4) is 0 Å². The second-order valence-corrected chi connectivity index (χ2v) is 10.7. The van der Waals surface area contributed by atoms with Crippen LogP contribution in [0.15, 0.2) is 12.2 Å². The maximum atomic E-state index is 13.4. The highest BCUT2D eigenvalue weighted by atomic mass is 16.6. The quantitative estimate of drug-likeness (QED) is 0.538. The van der Waals surface area contributed by atoms with Gasteiger partial charge in [0.2, 0.25) is 0 Å². The van der Waals surface area contributed by atoms with Crippen molar-refractivity contribution in [1.29, 1.82) is 0 Å². The number of carbonyl (C=O) groups excluding carboxylic acids is 2. The van der Waals surface area contributed by atoms with Crippen molar-refractivity contribution in [3.63, 3.8) is 0 Å². The van der Waals surface area contributed by atoms with Gasteiger partial charge in [0.15, 0.2) is 0 Å². The molecule has 0 aromatic rings. The SMILES string of the molecule is C=C(C)C(=O)OC1C2CC3C1OC(=O)C3(C1(OC(C)(C)C(C)(C)O)CCCC1)C2. The van der Waals surface area contributed by atoms with E-state index in [1.165, 1.54) is 0 Å². The van der Waals surface area contributed by atoms with E-state index in [2.05, 4.69) is 6.58 Å². The van der Waals surface area contributed by atoms with Crippen molar-refractivity contribution < 1.29 is 28.9 Å². The molecule has 1 saturated heterocycles. The Kier molecular flexibility index (Phi) is 4.53. The van der Waals surface area contributed by atoms with Gasteiger partial charge < -0.3 is 19.3 Å². The lowest BCUT2D eigenvalue weighted by molar-refractivity contribution is -0.252. The first-order valence-electron chi connectivity index (χ1n) is 10.8. The number of ether oxygens (including phenoxy) is 3. The van der Waals surface area contributed by atoms with Crippen LogP contribution in [0.4, 0.5) is 0 Å². The van der Waals surface area contributed by atoms with E-state index in [0.29, 0.717) is 12.0 Å². The Hall–Kier alpha value is -1.40. The van der Waals surface area contributed by atoms with Crippen LogP contribution in [0.5, 0.6) is 0 Å². The van der Waals surface area contributed by atoms with Crippen molar-refractivity contribution in [2.45, 2.75) is 102 Å². The van der Waals surface area contributed by atoms with Crippen LogP contribution in [0.2, 0.25) is 0 Å². The predicted octanol–water partition coefficient (Wildman–Crippen LogP) is 3.30. The van der Waals surface area contributed by atoms with Crippen LogP contribution in [-0.4, -0.2) is 46.1 Å². The fourth-order valence-corrected chi connectivity index (χ4v) is 6.25. The first kappa shape index (κ1) is 20.9. The van der Waals surface area contributed by atoms with Gasteiger partial charge in [-0.3, -0.25) is 4.79 Å². The molecule has 0 amide bonds. The third-order valence-corrected chi connectivity index (χ3v) is 8.31. The van der Waals surface area contributed by atoms with Gasteiger partial charge in [0.25, 0.3) is 0 Å². The minimum Gasteiger partial charge on any atom is -0.458 e. The lowest BCUT2D eigenvalue weighted by Crippen LogP contribution is -2.61. The van der Waals surface area contributed by atoms with Crippen LogP contribution in [0, 0.1) is 17.3 Å². The van der Waals surface area contributed by atoms with Crippen molar-refractivity contribution in [1.82, 2.24) is 0 Å². The molecule has 6 nitrogen and oxygen atoms in total. The molecule has 2 bridgehead atoms. The number of aliphatic hydroxyl groups is 1. The number of hydrogen-bond donors (Lipinski definition) is 1. The lowest BCUT2D eigenvalue weighted by atomic mass is 9.61. The summed E-state index contributed by atoms with van der Waals surface area (Å²) in [5, 5.41) is 10.7. The summed E-state index contributed by atoms with van der Waals surface area (Å²) in [6, 6.07) is 0. The van der Waals surface area contributed by atoms with Gasteiger partial charge in [-0.25, -0.2) is 4.79 Å². The first-order valence-corrected chi connectivity index (χ1v) is 10.8. The van der Waals surface area contributed by atoms with Crippen LogP contribution < -0.4 is 0 Å². The molecule has 1 heterocycles. The van der Waals surface area contributed by atoms with Gasteiger partial charge >= 0.3 is 11.9 Å². The molecule has 6 heteroatoms. The summed E-state index contributed by atoms with van der Waals surface area (Å²) in [7, 11) is 0. The van der Waals surface area contributed by atoms with Crippen LogP contribution in [0.1, 0.15) is 73.1 Å². The van der Waals surface area contributed by atoms with E-state index in [4.69, 9.17) is 14.2 Å². The zero-order chi connectivity index (χ0) is 21.4. The minimum absolute atomic E-state index is 0.0152. The predicted molar refractivity (Wildman–Crippen MR) is 106 cm³/mol. The van der Waals surface area contributed by atoms with Crippen molar-refractivity contribution in [2.24, 2.45) is 17.3 Å². The zero-order valence-electron chi connectivity index (χ0n) is 18.2. The second-order valence-electron chi connectivity index (χ2n) is 10.7. The number of esters is 2. The third-order valence-electron chi connectivity index (χ3n) is 8.31. The van der Waals surface area contributed by atoms with Crippen molar-refractivity contribution >= 4 is 11.9 Å². The molecular weight excluding hydrogens is 372 g/mol. The van der Waals surface area contributed by atoms with E-state index in [0.717, 1.165) is 32.1 Å². The molecule has 4 fully saturated rings. The molecule has 5 atom stereocenters. The average molecular weight is 407 g/mol. The largest absolute Gasteiger partial charge is 0.458 e. The molecule has 162 valence electrons. The van der Waals surface area contributed by atoms with Gasteiger partial charge in [0.05, 0.1) is 16.8 Å². The average Bonchev–Trinajstić information content (AvgIpc) is 3.31. The Morgan fingerprint density at radius 2 is 1.86 bits per heavy atom. The standard InChI is InChI=1S/C23H34O6/c1-13(2)18(24)27-16-14-11-15-17(16)28-19(25)23(15,12-14)22(9-7-8-10-22)29-21(5,6)20(3,4)26/h14-17,26H,1,7-12H2,2-6H3. The van der Waals surface area contributed by atoms with Crippen LogP contribution >= 0.6 is 0 Å². The molecule has 0 radical (unpaired) electrons. The summed E-state index contributed by atoms with van der Waals surface area (Å²) in [6.45, 7) is 12.6. The molecule has 3 aliphatic carbocycles. The Morgan fingerprint density at radius 1 is 1.24 bits per heavy atom. The van der Waals surface area contributed by atoms with E-state index < -0.39 is 40.4 Å². The molecule has 29 heavy (non-hydrogen) atoms. The summed E-state index contributed by atoms with van der Waals surface area (Å²) in [4.78, 5) is 25.5. The Bertz CT molecular complexity index is 741. The number of carbonyl (C=O) groups is 2. The van der Waals surface area contributed by atoms with Gasteiger partial charge in [0.1, 0.15) is 17.6 Å². The summed E-state index contributed by atoms with van der Waals surface area (Å²) < 4.78 is 18.3. The van der Waals surface area contributed by atoms with E-state index in [1.54, 1.807) is 20.8 Å². The van der Waals surface area contributed by atoms with E-state index in [1.807, 2.05) is 13.8 Å².